The maximum Gasteiger partial charge on any atom is 0.251 e. The third-order valence-electron chi connectivity index (χ3n) is 3.71. The Hall–Kier alpha value is -2.44. The van der Waals surface area contributed by atoms with Crippen LogP contribution in [0.1, 0.15) is 22.8 Å². The summed E-state index contributed by atoms with van der Waals surface area (Å²) in [5.41, 5.74) is 9.28. The number of nitrogens with zero attached hydrogens (tertiary/aromatic N) is 1. The van der Waals surface area contributed by atoms with Gasteiger partial charge in [0.25, 0.3) is 5.91 Å². The highest BCUT2D eigenvalue weighted by Crippen LogP contribution is 2.20. The fraction of sp³-hybridized carbons (Fsp3) is 0.222. The van der Waals surface area contributed by atoms with E-state index in [4.69, 9.17) is 5.73 Å². The molecule has 2 aromatic rings. The minimum Gasteiger partial charge on any atom is -0.374 e. The molecule has 126 valence electrons. The van der Waals surface area contributed by atoms with E-state index < -0.39 is 0 Å². The predicted molar refractivity (Wildman–Crippen MR) is 98.9 cm³/mol. The first-order valence-electron chi connectivity index (χ1n) is 7.74. The van der Waals surface area contributed by atoms with E-state index in [1.807, 2.05) is 12.1 Å². The molecule has 0 saturated heterocycles. The first-order chi connectivity index (χ1) is 11.5. The van der Waals surface area contributed by atoms with Crippen molar-refractivity contribution in [3.05, 3.63) is 59.7 Å². The zero-order chi connectivity index (χ0) is 17.5. The lowest BCUT2D eigenvalue weighted by Gasteiger charge is -2.14. The molecule has 0 radical (unpaired) electrons. The minimum absolute atomic E-state index is 0.123. The SMILES string of the molecule is CCc1ccc(-c2ccc(C(=O)NCCN(O)C(N)=S)cc2)cc1. The highest BCUT2D eigenvalue weighted by atomic mass is 32.1. The molecule has 0 spiro atoms. The zero-order valence-electron chi connectivity index (χ0n) is 13.5. The van der Waals surface area contributed by atoms with E-state index in [1.54, 1.807) is 12.1 Å². The number of rotatable bonds is 6. The Morgan fingerprint density at radius 3 is 2.17 bits per heavy atom. The topological polar surface area (TPSA) is 78.6 Å². The number of hydrogen-bond donors (Lipinski definition) is 3. The normalized spacial score (nSPS) is 10.2. The van der Waals surface area contributed by atoms with Gasteiger partial charge in [-0.15, -0.1) is 0 Å². The Morgan fingerprint density at radius 2 is 1.67 bits per heavy atom. The number of hydroxylamine groups is 2. The van der Waals surface area contributed by atoms with Gasteiger partial charge in [-0.25, -0.2) is 5.06 Å². The van der Waals surface area contributed by atoms with Crippen molar-refractivity contribution in [2.24, 2.45) is 5.73 Å². The van der Waals surface area contributed by atoms with E-state index in [0.29, 0.717) is 5.56 Å². The summed E-state index contributed by atoms with van der Waals surface area (Å²) in [6.07, 6.45) is 1.01. The van der Waals surface area contributed by atoms with Gasteiger partial charge in [-0.2, -0.15) is 0 Å². The van der Waals surface area contributed by atoms with Crippen molar-refractivity contribution >= 4 is 23.2 Å². The monoisotopic (exact) mass is 343 g/mol. The summed E-state index contributed by atoms with van der Waals surface area (Å²) in [5.74, 6) is -0.209. The average Bonchev–Trinajstić information content (AvgIpc) is 2.61. The molecule has 5 nitrogen and oxygen atoms in total. The first-order valence-corrected chi connectivity index (χ1v) is 8.15. The second kappa shape index (κ2) is 8.42. The molecule has 0 fully saturated rings. The van der Waals surface area contributed by atoms with Gasteiger partial charge in [-0.1, -0.05) is 43.3 Å². The molecule has 0 aliphatic carbocycles. The molecule has 6 heteroatoms. The average molecular weight is 343 g/mol. The fourth-order valence-electron chi connectivity index (χ4n) is 2.23. The molecule has 2 rings (SSSR count). The Labute approximate surface area is 147 Å². The fourth-order valence-corrected chi connectivity index (χ4v) is 2.33. The lowest BCUT2D eigenvalue weighted by Crippen LogP contribution is -2.39. The molecule has 0 atom stereocenters. The van der Waals surface area contributed by atoms with E-state index in [0.717, 1.165) is 22.6 Å². The zero-order valence-corrected chi connectivity index (χ0v) is 14.3. The molecule has 0 saturated carbocycles. The van der Waals surface area contributed by atoms with E-state index in [9.17, 15) is 10.0 Å². The number of aryl methyl sites for hydroxylation is 1. The maximum absolute atomic E-state index is 12.1. The van der Waals surface area contributed by atoms with Gasteiger partial charge in [0.05, 0.1) is 6.54 Å². The number of thiocarbonyl (C=S) groups is 1. The Morgan fingerprint density at radius 1 is 1.12 bits per heavy atom. The molecular weight excluding hydrogens is 322 g/mol. The molecule has 0 aliphatic heterocycles. The van der Waals surface area contributed by atoms with Crippen LogP contribution >= 0.6 is 12.2 Å². The number of hydrogen-bond acceptors (Lipinski definition) is 3. The largest absolute Gasteiger partial charge is 0.374 e. The molecule has 2 aromatic carbocycles. The quantitative estimate of drug-likeness (QED) is 0.555. The van der Waals surface area contributed by atoms with Crippen LogP contribution in [-0.2, 0) is 6.42 Å². The van der Waals surface area contributed by atoms with Gasteiger partial charge in [0.15, 0.2) is 5.11 Å². The summed E-state index contributed by atoms with van der Waals surface area (Å²) >= 11 is 4.61. The predicted octanol–water partition coefficient (Wildman–Crippen LogP) is 2.58. The van der Waals surface area contributed by atoms with E-state index in [-0.39, 0.29) is 24.1 Å². The molecular formula is C18H21N3O2S. The highest BCUT2D eigenvalue weighted by Gasteiger charge is 2.07. The number of carbonyl (C=O) groups is 1. The second-order valence-corrected chi connectivity index (χ2v) is 5.76. The molecule has 0 heterocycles. The van der Waals surface area contributed by atoms with Crippen LogP contribution in [0.15, 0.2) is 48.5 Å². The molecule has 0 aromatic heterocycles. The molecule has 0 bridgehead atoms. The van der Waals surface area contributed by atoms with Gasteiger partial charge in [0, 0.05) is 12.1 Å². The van der Waals surface area contributed by atoms with Crippen molar-refractivity contribution in [2.45, 2.75) is 13.3 Å². The van der Waals surface area contributed by atoms with Crippen LogP contribution in [-0.4, -0.2) is 34.4 Å². The van der Waals surface area contributed by atoms with Crippen molar-refractivity contribution in [3.8, 4) is 11.1 Å². The molecule has 24 heavy (non-hydrogen) atoms. The van der Waals surface area contributed by atoms with E-state index >= 15 is 0 Å². The van der Waals surface area contributed by atoms with Crippen LogP contribution in [0.25, 0.3) is 11.1 Å². The van der Waals surface area contributed by atoms with Crippen LogP contribution in [0.5, 0.6) is 0 Å². The summed E-state index contributed by atoms with van der Waals surface area (Å²) in [6.45, 7) is 2.51. The smallest absolute Gasteiger partial charge is 0.251 e. The lowest BCUT2D eigenvalue weighted by molar-refractivity contribution is -0.0112. The maximum atomic E-state index is 12.1. The van der Waals surface area contributed by atoms with E-state index in [1.165, 1.54) is 5.56 Å². The van der Waals surface area contributed by atoms with Gasteiger partial charge >= 0.3 is 0 Å². The molecule has 1 amide bonds. The van der Waals surface area contributed by atoms with Crippen molar-refractivity contribution < 1.29 is 10.0 Å². The van der Waals surface area contributed by atoms with Gasteiger partial charge < -0.3 is 11.1 Å². The van der Waals surface area contributed by atoms with Crippen molar-refractivity contribution in [2.75, 3.05) is 13.1 Å². The van der Waals surface area contributed by atoms with Crippen LogP contribution in [0.3, 0.4) is 0 Å². The Bertz CT molecular complexity index is 699. The molecule has 4 N–H and O–H groups in total. The van der Waals surface area contributed by atoms with Crippen LogP contribution in [0.2, 0.25) is 0 Å². The number of nitrogens with two attached hydrogens (primary N) is 1. The number of amides is 1. The van der Waals surface area contributed by atoms with Crippen molar-refractivity contribution in [3.63, 3.8) is 0 Å². The van der Waals surface area contributed by atoms with Gasteiger partial charge in [-0.05, 0) is 47.5 Å². The number of benzene rings is 2. The summed E-state index contributed by atoms with van der Waals surface area (Å²) in [5, 5.41) is 12.6. The highest BCUT2D eigenvalue weighted by molar-refractivity contribution is 7.80. The Balaban J connectivity index is 1.95. The number of nitrogens with one attached hydrogen (secondary N) is 1. The van der Waals surface area contributed by atoms with Crippen LogP contribution in [0, 0.1) is 0 Å². The summed E-state index contributed by atoms with van der Waals surface area (Å²) in [7, 11) is 0. The standard InChI is InChI=1S/C18H21N3O2S/c1-2-13-3-5-14(6-4-13)15-7-9-16(10-8-15)17(22)20-11-12-21(23)18(19)24/h3-10,23H,2,11-12H2,1H3,(H2,19,24)(H,20,22). The minimum atomic E-state index is -0.209. The molecule has 0 unspecified atom stereocenters. The Kier molecular flexibility index (Phi) is 6.28. The number of carbonyl (C=O) groups excluding carboxylic acids is 1. The van der Waals surface area contributed by atoms with Crippen molar-refractivity contribution in [1.29, 1.82) is 0 Å². The molecule has 0 aliphatic rings. The third kappa shape index (κ3) is 4.78. The van der Waals surface area contributed by atoms with Crippen LogP contribution in [0.4, 0.5) is 0 Å². The van der Waals surface area contributed by atoms with Gasteiger partial charge in [-0.3, -0.25) is 10.0 Å². The summed E-state index contributed by atoms with van der Waals surface area (Å²) in [4.78, 5) is 12.1. The first kappa shape index (κ1) is 17.9. The third-order valence-corrected chi connectivity index (χ3v) is 3.92. The van der Waals surface area contributed by atoms with E-state index in [2.05, 4.69) is 48.7 Å². The van der Waals surface area contributed by atoms with Gasteiger partial charge in [0.2, 0.25) is 0 Å². The van der Waals surface area contributed by atoms with Crippen LogP contribution < -0.4 is 11.1 Å². The second-order valence-electron chi connectivity index (χ2n) is 5.35. The van der Waals surface area contributed by atoms with Gasteiger partial charge in [0.1, 0.15) is 0 Å². The van der Waals surface area contributed by atoms with Crippen molar-refractivity contribution in [1.82, 2.24) is 10.4 Å². The lowest BCUT2D eigenvalue weighted by atomic mass is 10.0. The summed E-state index contributed by atoms with van der Waals surface area (Å²) in [6, 6.07) is 15.8. The summed E-state index contributed by atoms with van der Waals surface area (Å²) < 4.78 is 0.